The highest BCUT2D eigenvalue weighted by molar-refractivity contribution is 5.77. The predicted octanol–water partition coefficient (Wildman–Crippen LogP) is 0.812. The van der Waals surface area contributed by atoms with E-state index in [9.17, 15) is 0 Å². The molecule has 1 aliphatic heterocycles. The number of likely N-dealkylation sites (N-methyl/N-ethyl adjacent to an activating group) is 1. The SMILES string of the molecule is CC(CC(=N)N)N(C)C1CCCOC1. The third-order valence-electron chi connectivity index (χ3n) is 2.92. The van der Waals surface area contributed by atoms with E-state index in [0.29, 0.717) is 18.5 Å². The molecule has 4 heteroatoms. The second-order valence-corrected chi connectivity index (χ2v) is 4.11. The fourth-order valence-corrected chi connectivity index (χ4v) is 1.87. The van der Waals surface area contributed by atoms with Crippen molar-refractivity contribution in [3.8, 4) is 0 Å². The summed E-state index contributed by atoms with van der Waals surface area (Å²) < 4.78 is 5.43. The molecule has 0 aliphatic carbocycles. The molecule has 1 saturated heterocycles. The topological polar surface area (TPSA) is 62.3 Å². The fourth-order valence-electron chi connectivity index (χ4n) is 1.87. The van der Waals surface area contributed by atoms with Crippen LogP contribution in [0.1, 0.15) is 26.2 Å². The summed E-state index contributed by atoms with van der Waals surface area (Å²) in [6.07, 6.45) is 2.98. The van der Waals surface area contributed by atoms with Gasteiger partial charge in [0.05, 0.1) is 12.4 Å². The molecule has 14 heavy (non-hydrogen) atoms. The molecule has 3 N–H and O–H groups in total. The molecule has 4 nitrogen and oxygen atoms in total. The van der Waals surface area contributed by atoms with Crippen molar-refractivity contribution in [2.45, 2.75) is 38.3 Å². The van der Waals surface area contributed by atoms with Gasteiger partial charge in [0.25, 0.3) is 0 Å². The summed E-state index contributed by atoms with van der Waals surface area (Å²) in [5, 5.41) is 7.25. The van der Waals surface area contributed by atoms with Crippen LogP contribution in [-0.4, -0.2) is 43.1 Å². The quantitative estimate of drug-likeness (QED) is 0.520. The summed E-state index contributed by atoms with van der Waals surface area (Å²) in [6.45, 7) is 3.82. The molecule has 0 radical (unpaired) electrons. The van der Waals surface area contributed by atoms with Gasteiger partial charge in [-0.05, 0) is 26.8 Å². The van der Waals surface area contributed by atoms with Crippen LogP contribution in [0.25, 0.3) is 0 Å². The van der Waals surface area contributed by atoms with Crippen molar-refractivity contribution in [3.63, 3.8) is 0 Å². The lowest BCUT2D eigenvalue weighted by Gasteiger charge is -2.35. The molecule has 0 aromatic heterocycles. The predicted molar refractivity (Wildman–Crippen MR) is 57.6 cm³/mol. The van der Waals surface area contributed by atoms with E-state index >= 15 is 0 Å². The Morgan fingerprint density at radius 2 is 2.43 bits per heavy atom. The monoisotopic (exact) mass is 199 g/mol. The van der Waals surface area contributed by atoms with Crippen molar-refractivity contribution < 1.29 is 4.74 Å². The molecule has 0 bridgehead atoms. The van der Waals surface area contributed by atoms with E-state index < -0.39 is 0 Å². The standard InChI is InChI=1S/C10H21N3O/c1-8(6-10(11)12)13(2)9-4-3-5-14-7-9/h8-9H,3-7H2,1-2H3,(H3,11,12). The zero-order valence-electron chi connectivity index (χ0n) is 9.12. The molecule has 0 amide bonds. The Morgan fingerprint density at radius 3 is 2.93 bits per heavy atom. The first-order chi connectivity index (χ1) is 6.61. The van der Waals surface area contributed by atoms with E-state index in [1.807, 2.05) is 0 Å². The second kappa shape index (κ2) is 5.32. The van der Waals surface area contributed by atoms with E-state index in [2.05, 4.69) is 18.9 Å². The van der Waals surface area contributed by atoms with Crippen molar-refractivity contribution in [1.82, 2.24) is 4.90 Å². The lowest BCUT2D eigenvalue weighted by molar-refractivity contribution is 0.0158. The molecule has 82 valence electrons. The average molecular weight is 199 g/mol. The largest absolute Gasteiger partial charge is 0.388 e. The van der Waals surface area contributed by atoms with Crippen LogP contribution >= 0.6 is 0 Å². The van der Waals surface area contributed by atoms with Gasteiger partial charge >= 0.3 is 0 Å². The third kappa shape index (κ3) is 3.27. The number of nitrogens with one attached hydrogen (secondary N) is 1. The zero-order chi connectivity index (χ0) is 10.6. The molecule has 2 atom stereocenters. The number of nitrogens with zero attached hydrogens (tertiary/aromatic N) is 1. The van der Waals surface area contributed by atoms with Gasteiger partial charge in [-0.3, -0.25) is 10.3 Å². The number of hydrogen-bond acceptors (Lipinski definition) is 3. The summed E-state index contributed by atoms with van der Waals surface area (Å²) in [7, 11) is 2.09. The first-order valence-corrected chi connectivity index (χ1v) is 5.24. The van der Waals surface area contributed by atoms with E-state index in [4.69, 9.17) is 15.9 Å². The molecule has 1 aliphatic rings. The third-order valence-corrected chi connectivity index (χ3v) is 2.92. The highest BCUT2D eigenvalue weighted by atomic mass is 16.5. The van der Waals surface area contributed by atoms with Crippen molar-refractivity contribution in [2.75, 3.05) is 20.3 Å². The normalized spacial score (nSPS) is 24.9. The Kier molecular flexibility index (Phi) is 4.35. The minimum atomic E-state index is 0.265. The second-order valence-electron chi connectivity index (χ2n) is 4.11. The summed E-state index contributed by atoms with van der Waals surface area (Å²) in [5.74, 6) is 0.265. The van der Waals surface area contributed by atoms with Crippen LogP contribution in [0.3, 0.4) is 0 Å². The molecule has 0 aromatic carbocycles. The summed E-state index contributed by atoms with van der Waals surface area (Å²) >= 11 is 0. The fraction of sp³-hybridized carbons (Fsp3) is 0.900. The van der Waals surface area contributed by atoms with Gasteiger partial charge in [-0.15, -0.1) is 0 Å². The van der Waals surface area contributed by atoms with Gasteiger partial charge < -0.3 is 10.5 Å². The Hall–Kier alpha value is -0.610. The molecular formula is C10H21N3O. The molecule has 1 fully saturated rings. The maximum absolute atomic E-state index is 7.25. The van der Waals surface area contributed by atoms with Gasteiger partial charge in [0, 0.05) is 25.1 Å². The van der Waals surface area contributed by atoms with Gasteiger partial charge in [-0.2, -0.15) is 0 Å². The van der Waals surface area contributed by atoms with Gasteiger partial charge in [0.15, 0.2) is 0 Å². The van der Waals surface area contributed by atoms with E-state index in [0.717, 1.165) is 19.6 Å². The minimum Gasteiger partial charge on any atom is -0.388 e. The smallest absolute Gasteiger partial charge is 0.0920 e. The van der Waals surface area contributed by atoms with Gasteiger partial charge in [-0.25, -0.2) is 0 Å². The van der Waals surface area contributed by atoms with Crippen LogP contribution in [0.4, 0.5) is 0 Å². The Bertz CT molecular complexity index is 190. The van der Waals surface area contributed by atoms with Crippen LogP contribution < -0.4 is 5.73 Å². The Morgan fingerprint density at radius 1 is 1.71 bits per heavy atom. The summed E-state index contributed by atoms with van der Waals surface area (Å²) in [5.41, 5.74) is 5.39. The number of ether oxygens (including phenoxy) is 1. The van der Waals surface area contributed by atoms with Crippen molar-refractivity contribution in [3.05, 3.63) is 0 Å². The Labute approximate surface area is 85.9 Å². The summed E-state index contributed by atoms with van der Waals surface area (Å²) in [6, 6.07) is 0.831. The minimum absolute atomic E-state index is 0.265. The van der Waals surface area contributed by atoms with Crippen LogP contribution in [0.5, 0.6) is 0 Å². The summed E-state index contributed by atoms with van der Waals surface area (Å²) in [4.78, 5) is 2.28. The number of rotatable bonds is 4. The lowest BCUT2D eigenvalue weighted by Crippen LogP contribution is -2.44. The maximum atomic E-state index is 7.25. The zero-order valence-corrected chi connectivity index (χ0v) is 9.12. The molecule has 0 aromatic rings. The highest BCUT2D eigenvalue weighted by Crippen LogP contribution is 2.15. The van der Waals surface area contributed by atoms with Gasteiger partial charge in [0.1, 0.15) is 0 Å². The molecular weight excluding hydrogens is 178 g/mol. The van der Waals surface area contributed by atoms with E-state index in [1.165, 1.54) is 6.42 Å². The molecule has 2 unspecified atom stereocenters. The van der Waals surface area contributed by atoms with Crippen molar-refractivity contribution >= 4 is 5.84 Å². The van der Waals surface area contributed by atoms with E-state index in [-0.39, 0.29) is 5.84 Å². The van der Waals surface area contributed by atoms with Crippen LogP contribution in [0.15, 0.2) is 0 Å². The van der Waals surface area contributed by atoms with Crippen LogP contribution in [-0.2, 0) is 4.74 Å². The van der Waals surface area contributed by atoms with Crippen molar-refractivity contribution in [1.29, 1.82) is 5.41 Å². The highest BCUT2D eigenvalue weighted by Gasteiger charge is 2.22. The molecule has 0 spiro atoms. The van der Waals surface area contributed by atoms with Crippen LogP contribution in [0.2, 0.25) is 0 Å². The van der Waals surface area contributed by atoms with Gasteiger partial charge in [-0.1, -0.05) is 0 Å². The number of amidine groups is 1. The first kappa shape index (κ1) is 11.5. The molecule has 0 saturated carbocycles. The average Bonchev–Trinajstić information content (AvgIpc) is 2.17. The lowest BCUT2D eigenvalue weighted by atomic mass is 10.1. The maximum Gasteiger partial charge on any atom is 0.0920 e. The molecule has 1 heterocycles. The van der Waals surface area contributed by atoms with Gasteiger partial charge in [0.2, 0.25) is 0 Å². The Balaban J connectivity index is 2.37. The van der Waals surface area contributed by atoms with Crippen LogP contribution in [0, 0.1) is 5.41 Å². The van der Waals surface area contributed by atoms with Crippen molar-refractivity contribution in [2.24, 2.45) is 5.73 Å². The van der Waals surface area contributed by atoms with E-state index in [1.54, 1.807) is 0 Å². The number of nitrogens with two attached hydrogens (primary N) is 1. The molecule has 1 rings (SSSR count). The first-order valence-electron chi connectivity index (χ1n) is 5.24. The number of hydrogen-bond donors (Lipinski definition) is 2.